The second-order valence-corrected chi connectivity index (χ2v) is 21.2. The number of rotatable bonds is 55. The predicted molar refractivity (Wildman–Crippen MR) is 360 cm³/mol. The van der Waals surface area contributed by atoms with Gasteiger partial charge in [0.2, 0.25) is 0 Å². The first-order valence-electron chi connectivity index (χ1n) is 31.9. The minimum Gasteiger partial charge on any atom is -0.545 e. The van der Waals surface area contributed by atoms with E-state index in [0.717, 1.165) is 141 Å². The maximum atomic E-state index is 12.9. The summed E-state index contributed by atoms with van der Waals surface area (Å²) in [6.45, 7) is 4.37. The first-order valence-corrected chi connectivity index (χ1v) is 31.9. The Morgan fingerprint density at radius 2 is 0.624 bits per heavy atom. The summed E-state index contributed by atoms with van der Waals surface area (Å²) in [6, 6.07) is 0. The van der Waals surface area contributed by atoms with Crippen molar-refractivity contribution in [3.8, 4) is 0 Å². The van der Waals surface area contributed by atoms with Crippen LogP contribution in [0.2, 0.25) is 0 Å². The van der Waals surface area contributed by atoms with Crippen LogP contribution in [-0.4, -0.2) is 82.3 Å². The lowest BCUT2D eigenvalue weighted by Gasteiger charge is -2.26. The molecule has 0 aromatic carbocycles. The molecule has 0 amide bonds. The third-order valence-electron chi connectivity index (χ3n) is 12.2. The van der Waals surface area contributed by atoms with Gasteiger partial charge in [0.05, 0.1) is 40.3 Å². The van der Waals surface area contributed by atoms with Crippen molar-refractivity contribution in [1.29, 1.82) is 0 Å². The van der Waals surface area contributed by atoms with E-state index in [9.17, 15) is 19.5 Å². The molecule has 9 heteroatoms. The summed E-state index contributed by atoms with van der Waals surface area (Å²) in [7, 11) is 5.87. The molecule has 0 saturated heterocycles. The Labute approximate surface area is 517 Å². The molecule has 0 bridgehead atoms. The quantitative estimate of drug-likeness (QED) is 0.0195. The second kappa shape index (κ2) is 63.6. The van der Waals surface area contributed by atoms with Crippen molar-refractivity contribution in [2.75, 3.05) is 47.5 Å². The van der Waals surface area contributed by atoms with Crippen molar-refractivity contribution < 1.29 is 42.9 Å². The Morgan fingerprint density at radius 1 is 0.353 bits per heavy atom. The van der Waals surface area contributed by atoms with Crippen molar-refractivity contribution in [1.82, 2.24) is 0 Å². The molecule has 0 heterocycles. The molecule has 9 nitrogen and oxygen atoms in total. The summed E-state index contributed by atoms with van der Waals surface area (Å²) in [5.74, 6) is -2.44. The Kier molecular flexibility index (Phi) is 58.8. The number of hydrogen-bond donors (Lipinski definition) is 0. The SMILES string of the molecule is CC/C=C\C/C=C\C/C=C\C/C=C\C/C=C\C/C=C\C/C=C\C/C=C\C/C=C\C/C=C\C/C=C\C/C=C\CCCCC(=O)OC(COC(=O)CCCC/C=C\C/C=C\C/C=C\C/C=C\C/C=C\C/C=C\CC)COC(OCC[N+](C)(C)C)C(=O)[O-]. The van der Waals surface area contributed by atoms with Gasteiger partial charge in [-0.25, -0.2) is 0 Å². The van der Waals surface area contributed by atoms with Crippen LogP contribution >= 0.6 is 0 Å². The minimum absolute atomic E-state index is 0.118. The molecule has 0 saturated carbocycles. The van der Waals surface area contributed by atoms with Crippen LogP contribution in [-0.2, 0) is 33.3 Å². The number of carbonyl (C=O) groups is 3. The van der Waals surface area contributed by atoms with Crippen LogP contribution in [0.3, 0.4) is 0 Å². The topological polar surface area (TPSA) is 111 Å². The van der Waals surface area contributed by atoms with Crippen LogP contribution in [0.4, 0.5) is 0 Å². The van der Waals surface area contributed by atoms with Crippen molar-refractivity contribution in [3.63, 3.8) is 0 Å². The van der Waals surface area contributed by atoms with Crippen LogP contribution in [0.15, 0.2) is 219 Å². The highest BCUT2D eigenvalue weighted by molar-refractivity contribution is 5.70. The summed E-state index contributed by atoms with van der Waals surface area (Å²) in [6.07, 6.45) is 98.7. The molecule has 0 radical (unpaired) electrons. The number of hydrogen-bond acceptors (Lipinski definition) is 8. The maximum Gasteiger partial charge on any atom is 0.306 e. The zero-order chi connectivity index (χ0) is 61.9. The number of carboxylic acid groups (broad SMARTS) is 1. The molecule has 0 aliphatic heterocycles. The summed E-state index contributed by atoms with van der Waals surface area (Å²) in [5, 5.41) is 11.8. The third-order valence-corrected chi connectivity index (χ3v) is 12.2. The molecule has 470 valence electrons. The molecule has 0 N–H and O–H groups in total. The Morgan fingerprint density at radius 3 is 0.894 bits per heavy atom. The van der Waals surface area contributed by atoms with Gasteiger partial charge in [0.15, 0.2) is 12.4 Å². The van der Waals surface area contributed by atoms with Gasteiger partial charge in [-0.1, -0.05) is 233 Å². The fraction of sp³-hybridized carbons (Fsp3) is 0.487. The molecule has 2 unspecified atom stereocenters. The molecule has 85 heavy (non-hydrogen) atoms. The zero-order valence-corrected chi connectivity index (χ0v) is 53.4. The van der Waals surface area contributed by atoms with Crippen molar-refractivity contribution >= 4 is 17.9 Å². The second-order valence-electron chi connectivity index (χ2n) is 21.2. The van der Waals surface area contributed by atoms with Gasteiger partial charge in [-0.05, 0) is 154 Å². The van der Waals surface area contributed by atoms with Crippen molar-refractivity contribution in [2.24, 2.45) is 0 Å². The largest absolute Gasteiger partial charge is 0.545 e. The molecule has 0 fully saturated rings. The van der Waals surface area contributed by atoms with Gasteiger partial charge in [-0.2, -0.15) is 0 Å². The van der Waals surface area contributed by atoms with Gasteiger partial charge >= 0.3 is 11.9 Å². The highest BCUT2D eigenvalue weighted by Crippen LogP contribution is 2.10. The number of esters is 2. The fourth-order valence-electron chi connectivity index (χ4n) is 7.40. The van der Waals surface area contributed by atoms with Crippen LogP contribution in [0.1, 0.15) is 181 Å². The van der Waals surface area contributed by atoms with Gasteiger partial charge in [0, 0.05) is 12.8 Å². The number of unbranched alkanes of at least 4 members (excludes halogenated alkanes) is 4. The smallest absolute Gasteiger partial charge is 0.306 e. The number of nitrogens with zero attached hydrogens (tertiary/aromatic N) is 1. The standard InChI is InChI=1S/C76H113NO8/c1-6-8-10-12-14-16-18-20-22-24-26-28-29-30-31-32-33-34-35-36-37-38-39-40-41-42-43-44-45-47-49-51-53-55-57-59-61-63-65-67-74(79)85-72(71-84-76(75(80)81)82-69-68-77(3,4)5)70-83-73(78)66-64-62-60-58-56-54-52-50-48-46-27-25-23-21-19-17-15-13-11-9-7-2/h8-11,14-17,20-23,26-28,30-31,33-34,36-37,39-40,42-43,45-47,50-53,56-59,72,76H,6-7,12-13,18-19,24-25,29,32,35,38,41,44,48-49,54-55,60-71H2,1-5H3/b10-8-,11-9-,16-14-,17-15-,22-20-,23-21-,28-26-,31-30-,34-33-,37-36-,40-39-,43-42-,46-27-,47-45-,52-50-,53-51-,58-56-,59-57-. The van der Waals surface area contributed by atoms with E-state index in [1.165, 1.54) is 0 Å². The summed E-state index contributed by atoms with van der Waals surface area (Å²) in [4.78, 5) is 37.3. The molecular weight excluding hydrogens is 1050 g/mol. The molecule has 2 atom stereocenters. The monoisotopic (exact) mass is 1170 g/mol. The number of ether oxygens (including phenoxy) is 4. The first-order chi connectivity index (χ1) is 41.6. The summed E-state index contributed by atoms with van der Waals surface area (Å²) < 4.78 is 22.6. The van der Waals surface area contributed by atoms with Gasteiger partial charge < -0.3 is 33.3 Å². The number of carboxylic acids is 1. The molecular formula is C76H113NO8. The van der Waals surface area contributed by atoms with Gasteiger partial charge in [-0.3, -0.25) is 9.59 Å². The van der Waals surface area contributed by atoms with E-state index < -0.39 is 30.3 Å². The lowest BCUT2D eigenvalue weighted by Crippen LogP contribution is -2.44. The maximum absolute atomic E-state index is 12.9. The summed E-state index contributed by atoms with van der Waals surface area (Å²) >= 11 is 0. The van der Waals surface area contributed by atoms with Gasteiger partial charge in [0.25, 0.3) is 0 Å². The molecule has 0 aromatic rings. The molecule has 0 aliphatic rings. The van der Waals surface area contributed by atoms with E-state index in [-0.39, 0.29) is 32.7 Å². The van der Waals surface area contributed by atoms with Gasteiger partial charge in [-0.15, -0.1) is 0 Å². The van der Waals surface area contributed by atoms with Crippen LogP contribution in [0.25, 0.3) is 0 Å². The van der Waals surface area contributed by atoms with E-state index in [2.05, 4.69) is 233 Å². The zero-order valence-electron chi connectivity index (χ0n) is 53.4. The minimum atomic E-state index is -1.66. The number of allylic oxidation sites excluding steroid dienone is 36. The van der Waals surface area contributed by atoms with Gasteiger partial charge in [0.1, 0.15) is 13.2 Å². The van der Waals surface area contributed by atoms with E-state index in [1.54, 1.807) is 0 Å². The average molecular weight is 1170 g/mol. The highest BCUT2D eigenvalue weighted by atomic mass is 16.7. The lowest BCUT2D eigenvalue weighted by molar-refractivity contribution is -0.870. The van der Waals surface area contributed by atoms with E-state index in [4.69, 9.17) is 18.9 Å². The van der Waals surface area contributed by atoms with E-state index in [1.807, 2.05) is 21.1 Å². The molecule has 0 rings (SSSR count). The summed E-state index contributed by atoms with van der Waals surface area (Å²) in [5.41, 5.74) is 0. The van der Waals surface area contributed by atoms with Crippen molar-refractivity contribution in [2.45, 2.75) is 193 Å². The van der Waals surface area contributed by atoms with E-state index in [0.29, 0.717) is 23.9 Å². The normalized spacial score (nSPS) is 14.2. The lowest BCUT2D eigenvalue weighted by atomic mass is 10.1. The Bertz CT molecular complexity index is 2190. The van der Waals surface area contributed by atoms with Crippen molar-refractivity contribution in [3.05, 3.63) is 219 Å². The predicted octanol–water partition coefficient (Wildman–Crippen LogP) is 18.5. The fourth-order valence-corrected chi connectivity index (χ4v) is 7.40. The average Bonchev–Trinajstić information content (AvgIpc) is 3.49. The highest BCUT2D eigenvalue weighted by Gasteiger charge is 2.22. The van der Waals surface area contributed by atoms with E-state index >= 15 is 0 Å². The first kappa shape index (κ1) is 78.6. The molecule has 0 aliphatic carbocycles. The molecule has 0 aromatic heterocycles. The number of carbonyl (C=O) groups excluding carboxylic acids is 3. The van der Waals surface area contributed by atoms with Crippen LogP contribution < -0.4 is 5.11 Å². The Balaban J connectivity index is 4.39. The Hall–Kier alpha value is -6.39. The number of quaternary nitrogens is 1. The third kappa shape index (κ3) is 65.0. The molecule has 0 spiro atoms. The van der Waals surface area contributed by atoms with Crippen LogP contribution in [0, 0.1) is 0 Å². The number of likely N-dealkylation sites (N-methyl/N-ethyl adjacent to an activating group) is 1. The van der Waals surface area contributed by atoms with Crippen LogP contribution in [0.5, 0.6) is 0 Å². The number of aliphatic carboxylic acids is 1.